The SMILES string of the molecule is CC(CC(Cc1ccc(N)cc1)NC(=O)OC(C)(C)C)C(=O)OC(C)(C)C. The van der Waals surface area contributed by atoms with Crippen molar-refractivity contribution in [3.05, 3.63) is 29.8 Å². The van der Waals surface area contributed by atoms with Crippen LogP contribution in [0.5, 0.6) is 0 Å². The highest BCUT2D eigenvalue weighted by molar-refractivity contribution is 5.73. The summed E-state index contributed by atoms with van der Waals surface area (Å²) >= 11 is 0. The van der Waals surface area contributed by atoms with E-state index in [1.165, 1.54) is 0 Å². The first-order chi connectivity index (χ1) is 12.2. The maximum atomic E-state index is 12.3. The Bertz CT molecular complexity index is 627. The molecule has 6 nitrogen and oxygen atoms in total. The largest absolute Gasteiger partial charge is 0.460 e. The van der Waals surface area contributed by atoms with Crippen molar-refractivity contribution < 1.29 is 19.1 Å². The van der Waals surface area contributed by atoms with Gasteiger partial charge in [-0.2, -0.15) is 0 Å². The lowest BCUT2D eigenvalue weighted by Crippen LogP contribution is -2.42. The van der Waals surface area contributed by atoms with Gasteiger partial charge in [0.2, 0.25) is 0 Å². The summed E-state index contributed by atoms with van der Waals surface area (Å²) < 4.78 is 10.8. The van der Waals surface area contributed by atoms with Crippen LogP contribution >= 0.6 is 0 Å². The molecule has 0 heterocycles. The van der Waals surface area contributed by atoms with E-state index in [2.05, 4.69) is 5.32 Å². The van der Waals surface area contributed by atoms with Gasteiger partial charge in [-0.3, -0.25) is 4.79 Å². The molecule has 1 aromatic rings. The molecule has 1 aromatic carbocycles. The van der Waals surface area contributed by atoms with Gasteiger partial charge in [0.05, 0.1) is 5.92 Å². The quantitative estimate of drug-likeness (QED) is 0.575. The Morgan fingerprint density at radius 1 is 1.00 bits per heavy atom. The summed E-state index contributed by atoms with van der Waals surface area (Å²) in [7, 11) is 0. The fraction of sp³-hybridized carbons (Fsp3) is 0.619. The minimum atomic E-state index is -0.591. The summed E-state index contributed by atoms with van der Waals surface area (Å²) in [6.07, 6.45) is 0.505. The summed E-state index contributed by atoms with van der Waals surface area (Å²) in [4.78, 5) is 24.5. The summed E-state index contributed by atoms with van der Waals surface area (Å²) in [6, 6.07) is 7.19. The number of esters is 1. The molecule has 1 rings (SSSR count). The van der Waals surface area contributed by atoms with Crippen LogP contribution in [-0.4, -0.2) is 29.3 Å². The zero-order chi connectivity index (χ0) is 20.8. The monoisotopic (exact) mass is 378 g/mol. The van der Waals surface area contributed by atoms with Gasteiger partial charge >= 0.3 is 12.1 Å². The number of anilines is 1. The topological polar surface area (TPSA) is 90.6 Å². The number of carbonyl (C=O) groups excluding carboxylic acids is 2. The summed E-state index contributed by atoms with van der Waals surface area (Å²) in [6.45, 7) is 12.7. The molecule has 0 fully saturated rings. The smallest absolute Gasteiger partial charge is 0.407 e. The number of nitrogens with two attached hydrogens (primary N) is 1. The molecule has 0 saturated carbocycles. The van der Waals surface area contributed by atoms with Gasteiger partial charge in [0.1, 0.15) is 11.2 Å². The lowest BCUT2D eigenvalue weighted by molar-refractivity contribution is -0.159. The summed E-state index contributed by atoms with van der Waals surface area (Å²) in [5.41, 5.74) is 6.29. The zero-order valence-electron chi connectivity index (χ0n) is 17.6. The van der Waals surface area contributed by atoms with Gasteiger partial charge in [-0.25, -0.2) is 4.79 Å². The standard InChI is InChI=1S/C21H34N2O4/c1-14(18(24)26-20(2,3)4)12-17(23-19(25)27-21(5,6)7)13-15-8-10-16(22)11-9-15/h8-11,14,17H,12-13,22H2,1-7H3,(H,23,25). The third kappa shape index (κ3) is 9.87. The normalized spacial score (nSPS) is 14.2. The van der Waals surface area contributed by atoms with Gasteiger partial charge in [-0.1, -0.05) is 19.1 Å². The number of carbonyl (C=O) groups is 2. The molecule has 0 aliphatic carbocycles. The second kappa shape index (κ2) is 9.11. The molecule has 0 aliphatic heterocycles. The lowest BCUT2D eigenvalue weighted by atomic mass is 9.96. The van der Waals surface area contributed by atoms with Crippen molar-refractivity contribution >= 4 is 17.7 Å². The van der Waals surface area contributed by atoms with Crippen LogP contribution in [0.3, 0.4) is 0 Å². The van der Waals surface area contributed by atoms with Crippen LogP contribution in [0.4, 0.5) is 10.5 Å². The van der Waals surface area contributed by atoms with Crippen molar-refractivity contribution in [1.29, 1.82) is 0 Å². The Morgan fingerprint density at radius 3 is 2.00 bits per heavy atom. The first-order valence-corrected chi connectivity index (χ1v) is 9.32. The predicted octanol–water partition coefficient (Wildman–Crippen LogP) is 4.07. The van der Waals surface area contributed by atoms with Gasteiger partial charge in [0, 0.05) is 11.7 Å². The Morgan fingerprint density at radius 2 is 1.52 bits per heavy atom. The molecule has 27 heavy (non-hydrogen) atoms. The molecule has 0 radical (unpaired) electrons. The molecule has 0 bridgehead atoms. The summed E-state index contributed by atoms with van der Waals surface area (Å²) in [5, 5.41) is 2.89. The highest BCUT2D eigenvalue weighted by Gasteiger charge is 2.26. The highest BCUT2D eigenvalue weighted by Crippen LogP contribution is 2.18. The zero-order valence-corrected chi connectivity index (χ0v) is 17.6. The van der Waals surface area contributed by atoms with E-state index in [0.717, 1.165) is 5.56 Å². The molecule has 1 amide bonds. The van der Waals surface area contributed by atoms with Crippen molar-refractivity contribution in [3.63, 3.8) is 0 Å². The van der Waals surface area contributed by atoms with Crippen LogP contribution in [0.25, 0.3) is 0 Å². The van der Waals surface area contributed by atoms with E-state index in [4.69, 9.17) is 15.2 Å². The summed E-state index contributed by atoms with van der Waals surface area (Å²) in [5.74, 6) is -0.645. The van der Waals surface area contributed by atoms with Crippen molar-refractivity contribution in [2.75, 3.05) is 5.73 Å². The molecule has 152 valence electrons. The average molecular weight is 379 g/mol. The number of nitrogen functional groups attached to an aromatic ring is 1. The number of hydrogen-bond donors (Lipinski definition) is 2. The van der Waals surface area contributed by atoms with Crippen LogP contribution < -0.4 is 11.1 Å². The molecular weight excluding hydrogens is 344 g/mol. The van der Waals surface area contributed by atoms with Crippen LogP contribution in [-0.2, 0) is 20.7 Å². The number of rotatable bonds is 6. The molecule has 0 saturated heterocycles. The third-order valence-corrected chi connectivity index (χ3v) is 3.63. The molecular formula is C21H34N2O4. The van der Waals surface area contributed by atoms with E-state index < -0.39 is 17.3 Å². The van der Waals surface area contributed by atoms with Crippen LogP contribution in [0, 0.1) is 5.92 Å². The van der Waals surface area contributed by atoms with Gasteiger partial charge in [0.15, 0.2) is 0 Å². The van der Waals surface area contributed by atoms with Gasteiger partial charge in [0.25, 0.3) is 0 Å². The Kier molecular flexibility index (Phi) is 7.69. The molecule has 0 aliphatic rings. The lowest BCUT2D eigenvalue weighted by Gasteiger charge is -2.27. The van der Waals surface area contributed by atoms with E-state index in [9.17, 15) is 9.59 Å². The molecule has 0 aromatic heterocycles. The average Bonchev–Trinajstić information content (AvgIpc) is 2.45. The number of benzene rings is 1. The number of hydrogen-bond acceptors (Lipinski definition) is 5. The van der Waals surface area contributed by atoms with E-state index in [1.54, 1.807) is 6.92 Å². The van der Waals surface area contributed by atoms with Crippen molar-refractivity contribution in [1.82, 2.24) is 5.32 Å². The van der Waals surface area contributed by atoms with Gasteiger partial charge in [-0.15, -0.1) is 0 Å². The molecule has 3 N–H and O–H groups in total. The van der Waals surface area contributed by atoms with Crippen LogP contribution in [0.1, 0.15) is 60.5 Å². The van der Waals surface area contributed by atoms with Gasteiger partial charge in [-0.05, 0) is 72.1 Å². The number of nitrogens with one attached hydrogen (secondary N) is 1. The van der Waals surface area contributed by atoms with Crippen LogP contribution in [0.2, 0.25) is 0 Å². The second-order valence-corrected chi connectivity index (χ2v) is 8.96. The molecule has 2 atom stereocenters. The van der Waals surface area contributed by atoms with Gasteiger partial charge < -0.3 is 20.5 Å². The van der Waals surface area contributed by atoms with E-state index >= 15 is 0 Å². The highest BCUT2D eigenvalue weighted by atomic mass is 16.6. The maximum absolute atomic E-state index is 12.3. The second-order valence-electron chi connectivity index (χ2n) is 8.96. The first-order valence-electron chi connectivity index (χ1n) is 9.32. The van der Waals surface area contributed by atoms with Crippen molar-refractivity contribution in [2.24, 2.45) is 5.92 Å². The van der Waals surface area contributed by atoms with Crippen molar-refractivity contribution in [3.8, 4) is 0 Å². The van der Waals surface area contributed by atoms with E-state index in [0.29, 0.717) is 18.5 Å². The number of alkyl carbamates (subject to hydrolysis) is 1. The van der Waals surface area contributed by atoms with E-state index in [1.807, 2.05) is 65.8 Å². The molecule has 6 heteroatoms. The predicted molar refractivity (Wildman–Crippen MR) is 107 cm³/mol. The fourth-order valence-electron chi connectivity index (χ4n) is 2.53. The Hall–Kier alpha value is -2.24. The Labute approximate surface area is 162 Å². The molecule has 0 spiro atoms. The third-order valence-electron chi connectivity index (χ3n) is 3.63. The van der Waals surface area contributed by atoms with Crippen LogP contribution in [0.15, 0.2) is 24.3 Å². The van der Waals surface area contributed by atoms with Crippen molar-refractivity contribution in [2.45, 2.75) is 78.6 Å². The number of amides is 1. The molecule has 2 unspecified atom stereocenters. The fourth-order valence-corrected chi connectivity index (χ4v) is 2.53. The Balaban J connectivity index is 2.84. The minimum absolute atomic E-state index is 0.272. The number of ether oxygens (including phenoxy) is 2. The van der Waals surface area contributed by atoms with E-state index in [-0.39, 0.29) is 17.9 Å². The maximum Gasteiger partial charge on any atom is 0.407 e. The minimum Gasteiger partial charge on any atom is -0.460 e. The first kappa shape index (κ1) is 22.8.